The highest BCUT2D eigenvalue weighted by Crippen LogP contribution is 2.34. The molecule has 0 fully saturated rings. The van der Waals surface area contributed by atoms with Gasteiger partial charge >= 0.3 is 0 Å². The van der Waals surface area contributed by atoms with E-state index in [-0.39, 0.29) is 47.7 Å². The van der Waals surface area contributed by atoms with E-state index in [0.29, 0.717) is 0 Å². The highest BCUT2D eigenvalue weighted by atomic mass is 32.2. The van der Waals surface area contributed by atoms with Crippen molar-refractivity contribution in [1.82, 2.24) is 9.21 Å². The number of benzene rings is 2. The Morgan fingerprint density at radius 2 is 2.06 bits per heavy atom. The Labute approximate surface area is 200 Å². The molecule has 3 atom stereocenters. The number of nitrogens with zero attached hydrogens (tertiary/aromatic N) is 2. The summed E-state index contributed by atoms with van der Waals surface area (Å²) in [6.45, 7) is 5.28. The van der Waals surface area contributed by atoms with Crippen molar-refractivity contribution in [3.05, 3.63) is 65.5 Å². The average Bonchev–Trinajstić information content (AvgIpc) is 2.80. The summed E-state index contributed by atoms with van der Waals surface area (Å²) in [7, 11) is -2.33. The van der Waals surface area contributed by atoms with Gasteiger partial charge in [0, 0.05) is 31.1 Å². The van der Waals surface area contributed by atoms with Crippen molar-refractivity contribution in [2.45, 2.75) is 37.8 Å². The van der Waals surface area contributed by atoms with Gasteiger partial charge in [-0.2, -0.15) is 4.31 Å². The monoisotopic (exact) mass is 490 g/mol. The third-order valence-corrected chi connectivity index (χ3v) is 7.94. The van der Waals surface area contributed by atoms with Crippen LogP contribution in [0.1, 0.15) is 36.7 Å². The highest BCUT2D eigenvalue weighted by Gasteiger charge is 2.38. The van der Waals surface area contributed by atoms with Gasteiger partial charge in [0.25, 0.3) is 5.91 Å². The number of amides is 1. The van der Waals surface area contributed by atoms with E-state index in [0.717, 1.165) is 5.56 Å². The van der Waals surface area contributed by atoms with E-state index in [1.165, 1.54) is 33.5 Å². The Balaban J connectivity index is 2.00. The number of fused-ring (bicyclic) bond motifs is 1. The number of sulfonamides is 1. The lowest BCUT2D eigenvalue weighted by atomic mass is 10.0. The molecular weight excluding hydrogens is 459 g/mol. The van der Waals surface area contributed by atoms with Crippen LogP contribution in [0.3, 0.4) is 0 Å². The number of aliphatic hydroxyl groups excluding tert-OH is 1. The molecule has 34 heavy (non-hydrogen) atoms. The Morgan fingerprint density at radius 1 is 1.32 bits per heavy atom. The SMILES string of the molecule is CC=Cc1ccc2c(c1)O[C@@H](CN(C)C(=O)c1cccc(F)c1)[C@H](C)CN([C@@H](C)CO)S2(=O)=O. The first-order chi connectivity index (χ1) is 16.1. The molecule has 0 aromatic heterocycles. The fraction of sp³-hybridized carbons (Fsp3) is 0.400. The molecule has 0 bridgehead atoms. The van der Waals surface area contributed by atoms with Crippen molar-refractivity contribution in [2.75, 3.05) is 26.7 Å². The summed E-state index contributed by atoms with van der Waals surface area (Å²) < 4.78 is 48.1. The molecule has 3 rings (SSSR count). The Bertz CT molecular complexity index is 1170. The van der Waals surface area contributed by atoms with E-state index in [1.807, 2.05) is 26.0 Å². The zero-order valence-electron chi connectivity index (χ0n) is 19.8. The molecule has 0 spiro atoms. The van der Waals surface area contributed by atoms with Crippen LogP contribution in [0.25, 0.3) is 6.08 Å². The van der Waals surface area contributed by atoms with Gasteiger partial charge in [0.1, 0.15) is 22.6 Å². The van der Waals surface area contributed by atoms with Crippen molar-refractivity contribution in [2.24, 2.45) is 5.92 Å². The zero-order chi connectivity index (χ0) is 25.0. The van der Waals surface area contributed by atoms with Gasteiger partial charge < -0.3 is 14.7 Å². The third-order valence-electron chi connectivity index (χ3n) is 5.92. The van der Waals surface area contributed by atoms with Crippen molar-refractivity contribution >= 4 is 22.0 Å². The molecule has 0 aliphatic carbocycles. The third kappa shape index (κ3) is 5.48. The normalized spacial score (nSPS) is 21.2. The lowest BCUT2D eigenvalue weighted by molar-refractivity contribution is 0.0563. The second-order valence-corrected chi connectivity index (χ2v) is 10.5. The van der Waals surface area contributed by atoms with Crippen LogP contribution in [0.2, 0.25) is 0 Å². The van der Waals surface area contributed by atoms with Crippen molar-refractivity contribution in [3.63, 3.8) is 0 Å². The Kier molecular flexibility index (Phi) is 8.12. The van der Waals surface area contributed by atoms with Gasteiger partial charge in [-0.3, -0.25) is 4.79 Å². The molecule has 1 aliphatic heterocycles. The Hall–Kier alpha value is -2.75. The molecule has 2 aromatic rings. The highest BCUT2D eigenvalue weighted by molar-refractivity contribution is 7.89. The number of rotatable bonds is 6. The maximum atomic E-state index is 13.6. The molecule has 9 heteroatoms. The van der Waals surface area contributed by atoms with Crippen LogP contribution in [0.15, 0.2) is 53.4 Å². The second-order valence-electron chi connectivity index (χ2n) is 8.64. The summed E-state index contributed by atoms with van der Waals surface area (Å²) in [6, 6.07) is 9.69. The molecule has 0 saturated carbocycles. The predicted octanol–water partition coefficient (Wildman–Crippen LogP) is 3.40. The van der Waals surface area contributed by atoms with Crippen molar-refractivity contribution in [3.8, 4) is 5.75 Å². The van der Waals surface area contributed by atoms with Gasteiger partial charge in [-0.1, -0.05) is 31.2 Å². The molecule has 1 N–H and O–H groups in total. The summed E-state index contributed by atoms with van der Waals surface area (Å²) >= 11 is 0. The molecule has 1 heterocycles. The number of likely N-dealkylation sites (N-methyl/N-ethyl adjacent to an activating group) is 1. The van der Waals surface area contributed by atoms with Crippen LogP contribution in [0.5, 0.6) is 5.75 Å². The molecule has 7 nitrogen and oxygen atoms in total. The average molecular weight is 491 g/mol. The number of hydrogen-bond acceptors (Lipinski definition) is 5. The number of hydrogen-bond donors (Lipinski definition) is 1. The standard InChI is InChI=1S/C25H31FN2O5S/c1-5-7-19-10-11-24-22(12-19)33-23(17(2)14-28(18(3)16-29)34(24,31)32)15-27(4)25(30)20-8-6-9-21(26)13-20/h5-13,17-18,23,29H,14-16H2,1-4H3/t17-,18+,23+/m1/s1. The molecule has 1 amide bonds. The topological polar surface area (TPSA) is 87.2 Å². The minimum Gasteiger partial charge on any atom is -0.487 e. The summed E-state index contributed by atoms with van der Waals surface area (Å²) in [5, 5.41) is 9.73. The molecule has 2 aromatic carbocycles. The maximum absolute atomic E-state index is 13.6. The first kappa shape index (κ1) is 25.9. The molecule has 184 valence electrons. The lowest BCUT2D eigenvalue weighted by Gasteiger charge is -2.37. The number of halogens is 1. The Morgan fingerprint density at radius 3 is 2.71 bits per heavy atom. The largest absolute Gasteiger partial charge is 0.487 e. The van der Waals surface area contributed by atoms with E-state index < -0.39 is 28.0 Å². The fourth-order valence-electron chi connectivity index (χ4n) is 3.95. The molecule has 0 unspecified atom stereocenters. The van der Waals surface area contributed by atoms with Gasteiger partial charge in [-0.15, -0.1) is 0 Å². The van der Waals surface area contributed by atoms with Gasteiger partial charge in [-0.25, -0.2) is 12.8 Å². The van der Waals surface area contributed by atoms with Gasteiger partial charge in [0.05, 0.1) is 13.2 Å². The van der Waals surface area contributed by atoms with Crippen LogP contribution in [0, 0.1) is 11.7 Å². The first-order valence-corrected chi connectivity index (χ1v) is 12.6. The zero-order valence-corrected chi connectivity index (χ0v) is 20.6. The number of carbonyl (C=O) groups is 1. The van der Waals surface area contributed by atoms with Crippen LogP contribution >= 0.6 is 0 Å². The summed E-state index contributed by atoms with van der Waals surface area (Å²) in [5.74, 6) is -0.994. The number of ether oxygens (including phenoxy) is 1. The minimum absolute atomic E-state index is 0.0112. The molecular formula is C25H31FN2O5S. The summed E-state index contributed by atoms with van der Waals surface area (Å²) in [6.07, 6.45) is 3.12. The molecule has 0 saturated heterocycles. The van der Waals surface area contributed by atoms with Crippen LogP contribution in [-0.2, 0) is 10.0 Å². The van der Waals surface area contributed by atoms with Crippen LogP contribution in [-0.4, -0.2) is 67.5 Å². The van der Waals surface area contributed by atoms with E-state index in [4.69, 9.17) is 4.74 Å². The molecule has 1 aliphatic rings. The first-order valence-electron chi connectivity index (χ1n) is 11.2. The number of aliphatic hydroxyl groups is 1. The summed E-state index contributed by atoms with van der Waals surface area (Å²) in [4.78, 5) is 14.4. The van der Waals surface area contributed by atoms with Gasteiger partial charge in [-0.05, 0) is 49.7 Å². The second kappa shape index (κ2) is 10.7. The van der Waals surface area contributed by atoms with Crippen LogP contribution in [0.4, 0.5) is 4.39 Å². The summed E-state index contributed by atoms with van der Waals surface area (Å²) in [5.41, 5.74) is 0.990. The number of allylic oxidation sites excluding steroid dienone is 1. The predicted molar refractivity (Wildman–Crippen MR) is 129 cm³/mol. The quantitative estimate of drug-likeness (QED) is 0.671. The van der Waals surface area contributed by atoms with Crippen molar-refractivity contribution in [1.29, 1.82) is 0 Å². The van der Waals surface area contributed by atoms with E-state index in [1.54, 1.807) is 32.2 Å². The fourth-order valence-corrected chi connectivity index (χ4v) is 5.78. The van der Waals surface area contributed by atoms with E-state index in [2.05, 4.69) is 0 Å². The van der Waals surface area contributed by atoms with Gasteiger partial charge in [0.15, 0.2) is 0 Å². The minimum atomic E-state index is -3.93. The number of carbonyl (C=O) groups excluding carboxylic acids is 1. The van der Waals surface area contributed by atoms with Gasteiger partial charge in [0.2, 0.25) is 10.0 Å². The van der Waals surface area contributed by atoms with Crippen LogP contribution < -0.4 is 4.74 Å². The smallest absolute Gasteiger partial charge is 0.253 e. The van der Waals surface area contributed by atoms with Crippen molar-refractivity contribution < 1.29 is 27.4 Å². The maximum Gasteiger partial charge on any atom is 0.253 e. The molecule has 0 radical (unpaired) electrons. The van der Waals surface area contributed by atoms with E-state index in [9.17, 15) is 22.7 Å². The lowest BCUT2D eigenvalue weighted by Crippen LogP contribution is -2.50. The van der Waals surface area contributed by atoms with E-state index >= 15 is 0 Å².